The van der Waals surface area contributed by atoms with E-state index in [1.807, 2.05) is 28.7 Å². The van der Waals surface area contributed by atoms with E-state index in [2.05, 4.69) is 35.3 Å². The van der Waals surface area contributed by atoms with E-state index in [0.717, 1.165) is 38.7 Å². The Balaban J connectivity index is 1.90. The molecule has 5 aromatic rings. The summed E-state index contributed by atoms with van der Waals surface area (Å²) in [5.41, 5.74) is 4.66. The number of nitrogens with zero attached hydrogens (tertiary/aromatic N) is 2. The summed E-state index contributed by atoms with van der Waals surface area (Å²) in [6, 6.07) is 21.2. The number of ether oxygens (including phenoxy) is 1. The average Bonchev–Trinajstić information content (AvgIpc) is 3.05. The Morgan fingerprint density at radius 2 is 1.69 bits per heavy atom. The fourth-order valence-electron chi connectivity index (χ4n) is 3.52. The fourth-order valence-corrected chi connectivity index (χ4v) is 3.52. The second-order valence-corrected chi connectivity index (χ2v) is 6.25. The van der Waals surface area contributed by atoms with E-state index >= 15 is 0 Å². The lowest BCUT2D eigenvalue weighted by Crippen LogP contribution is -1.88. The van der Waals surface area contributed by atoms with Crippen LogP contribution < -0.4 is 4.74 Å². The van der Waals surface area contributed by atoms with Crippen LogP contribution in [0.15, 0.2) is 72.9 Å². The first kappa shape index (κ1) is 14.9. The lowest BCUT2D eigenvalue weighted by atomic mass is 9.97. The van der Waals surface area contributed by atoms with E-state index in [1.165, 1.54) is 12.1 Å². The van der Waals surface area contributed by atoms with Crippen molar-refractivity contribution in [3.63, 3.8) is 0 Å². The van der Waals surface area contributed by atoms with E-state index in [0.29, 0.717) is 5.65 Å². The molecule has 0 fully saturated rings. The summed E-state index contributed by atoms with van der Waals surface area (Å²) in [6.07, 6.45) is 1.73. The molecule has 0 aliphatic carbocycles. The predicted molar refractivity (Wildman–Crippen MR) is 102 cm³/mol. The maximum atomic E-state index is 13.6. The number of hydrogen-bond acceptors (Lipinski definition) is 2. The Hall–Kier alpha value is -3.40. The number of hydrogen-bond donors (Lipinski definition) is 0. The van der Waals surface area contributed by atoms with Crippen LogP contribution in [0, 0.1) is 5.82 Å². The van der Waals surface area contributed by atoms with Crippen LogP contribution in [0.2, 0.25) is 0 Å². The summed E-state index contributed by atoms with van der Waals surface area (Å²) in [5.74, 6) is 0.539. The van der Waals surface area contributed by atoms with Gasteiger partial charge in [0.15, 0.2) is 0 Å². The van der Waals surface area contributed by atoms with Gasteiger partial charge in [-0.05, 0) is 40.8 Å². The van der Waals surface area contributed by atoms with Crippen molar-refractivity contribution >= 4 is 27.5 Å². The molecule has 5 rings (SSSR count). The van der Waals surface area contributed by atoms with Crippen LogP contribution in [0.4, 0.5) is 4.39 Å². The number of fused-ring (bicyclic) bond motifs is 5. The third kappa shape index (κ3) is 2.15. The highest BCUT2D eigenvalue weighted by molar-refractivity contribution is 6.12. The Kier molecular flexibility index (Phi) is 3.19. The Morgan fingerprint density at radius 3 is 2.46 bits per heavy atom. The fraction of sp³-hybridized carbons (Fsp3) is 0.0455. The lowest BCUT2D eigenvalue weighted by Gasteiger charge is -2.09. The first-order chi connectivity index (χ1) is 12.7. The summed E-state index contributed by atoms with van der Waals surface area (Å²) >= 11 is 0. The zero-order valence-corrected chi connectivity index (χ0v) is 14.1. The van der Waals surface area contributed by atoms with Crippen molar-refractivity contribution in [2.75, 3.05) is 7.11 Å². The molecule has 0 saturated carbocycles. The first-order valence-electron chi connectivity index (χ1n) is 8.38. The summed E-state index contributed by atoms with van der Waals surface area (Å²) in [4.78, 5) is 4.67. The molecular weight excluding hydrogens is 327 g/mol. The minimum absolute atomic E-state index is 0.285. The lowest BCUT2D eigenvalue weighted by molar-refractivity contribution is 0.415. The van der Waals surface area contributed by atoms with Crippen molar-refractivity contribution in [3.8, 4) is 16.9 Å². The van der Waals surface area contributed by atoms with Crippen molar-refractivity contribution in [3.05, 3.63) is 78.7 Å². The van der Waals surface area contributed by atoms with Gasteiger partial charge in [-0.3, -0.25) is 4.40 Å². The maximum Gasteiger partial charge on any atom is 0.140 e. The largest absolute Gasteiger partial charge is 0.497 e. The second-order valence-electron chi connectivity index (χ2n) is 6.25. The molecule has 0 radical (unpaired) electrons. The third-order valence-corrected chi connectivity index (χ3v) is 4.78. The molecule has 2 aromatic heterocycles. The molecule has 0 aliphatic heterocycles. The van der Waals surface area contributed by atoms with Gasteiger partial charge in [0.25, 0.3) is 0 Å². The molecule has 0 N–H and O–H groups in total. The van der Waals surface area contributed by atoms with Crippen LogP contribution in [0.25, 0.3) is 38.6 Å². The van der Waals surface area contributed by atoms with Gasteiger partial charge in [0.2, 0.25) is 0 Å². The molecule has 0 saturated heterocycles. The summed E-state index contributed by atoms with van der Waals surface area (Å²) in [7, 11) is 1.66. The van der Waals surface area contributed by atoms with Gasteiger partial charge in [-0.1, -0.05) is 36.4 Å². The molecule has 0 amide bonds. The quantitative estimate of drug-likeness (QED) is 0.426. The van der Waals surface area contributed by atoms with Gasteiger partial charge in [-0.2, -0.15) is 0 Å². The summed E-state index contributed by atoms with van der Waals surface area (Å²) in [6.45, 7) is 0. The summed E-state index contributed by atoms with van der Waals surface area (Å²) in [5, 5.41) is 2.17. The number of aromatic nitrogens is 2. The van der Waals surface area contributed by atoms with Crippen LogP contribution in [-0.4, -0.2) is 16.5 Å². The van der Waals surface area contributed by atoms with Gasteiger partial charge in [0, 0.05) is 17.6 Å². The zero-order valence-electron chi connectivity index (χ0n) is 14.1. The molecule has 0 bridgehead atoms. The molecule has 4 heteroatoms. The van der Waals surface area contributed by atoms with Crippen molar-refractivity contribution < 1.29 is 9.13 Å². The van der Waals surface area contributed by atoms with Gasteiger partial charge in [0.05, 0.1) is 18.1 Å². The molecule has 0 unspecified atom stereocenters. The normalized spacial score (nSPS) is 11.5. The SMILES string of the molecule is COc1ccc(-c2cc3c(nc4cc(F)ccn43)c3ccccc23)cc1. The van der Waals surface area contributed by atoms with E-state index in [9.17, 15) is 4.39 Å². The van der Waals surface area contributed by atoms with Crippen LogP contribution in [0.5, 0.6) is 5.75 Å². The minimum atomic E-state index is -0.285. The zero-order chi connectivity index (χ0) is 17.7. The molecule has 2 heterocycles. The van der Waals surface area contributed by atoms with Gasteiger partial charge in [0.1, 0.15) is 17.2 Å². The highest BCUT2D eigenvalue weighted by atomic mass is 19.1. The first-order valence-corrected chi connectivity index (χ1v) is 8.38. The Bertz CT molecular complexity index is 1270. The standard InChI is InChI=1S/C22H15FN2O/c1-26-16-8-6-14(7-9-16)19-13-20-22(18-5-3-2-4-17(18)19)24-21-12-15(23)10-11-25(20)21/h2-13H,1H3. The van der Waals surface area contributed by atoms with Crippen LogP contribution in [0.3, 0.4) is 0 Å². The number of halogens is 1. The Morgan fingerprint density at radius 1 is 0.923 bits per heavy atom. The van der Waals surface area contributed by atoms with E-state index in [4.69, 9.17) is 4.74 Å². The molecule has 26 heavy (non-hydrogen) atoms. The van der Waals surface area contributed by atoms with Gasteiger partial charge in [-0.25, -0.2) is 9.37 Å². The van der Waals surface area contributed by atoms with Crippen LogP contribution in [0.1, 0.15) is 0 Å². The number of methoxy groups -OCH3 is 1. The maximum absolute atomic E-state index is 13.6. The highest BCUT2D eigenvalue weighted by Gasteiger charge is 2.13. The molecule has 0 atom stereocenters. The molecule has 0 aliphatic rings. The van der Waals surface area contributed by atoms with Crippen LogP contribution >= 0.6 is 0 Å². The number of benzene rings is 3. The molecule has 3 nitrogen and oxygen atoms in total. The third-order valence-electron chi connectivity index (χ3n) is 4.78. The molecular formula is C22H15FN2O. The van der Waals surface area contributed by atoms with E-state index in [-0.39, 0.29) is 5.82 Å². The molecule has 126 valence electrons. The van der Waals surface area contributed by atoms with Gasteiger partial charge in [-0.15, -0.1) is 0 Å². The summed E-state index contributed by atoms with van der Waals surface area (Å²) < 4.78 is 20.8. The van der Waals surface area contributed by atoms with Crippen molar-refractivity contribution in [2.45, 2.75) is 0 Å². The monoisotopic (exact) mass is 342 g/mol. The second kappa shape index (κ2) is 5.56. The number of imidazole rings is 1. The Labute approximate surface area is 149 Å². The van der Waals surface area contributed by atoms with Crippen LogP contribution in [-0.2, 0) is 0 Å². The predicted octanol–water partition coefficient (Wildman–Crippen LogP) is 5.46. The van der Waals surface area contributed by atoms with E-state index in [1.54, 1.807) is 13.3 Å². The smallest absolute Gasteiger partial charge is 0.140 e. The molecule has 0 spiro atoms. The van der Waals surface area contributed by atoms with E-state index < -0.39 is 0 Å². The van der Waals surface area contributed by atoms with Gasteiger partial charge >= 0.3 is 0 Å². The van der Waals surface area contributed by atoms with Crippen molar-refractivity contribution in [1.82, 2.24) is 9.38 Å². The van der Waals surface area contributed by atoms with Crippen molar-refractivity contribution in [2.24, 2.45) is 0 Å². The number of rotatable bonds is 2. The highest BCUT2D eigenvalue weighted by Crippen LogP contribution is 2.35. The topological polar surface area (TPSA) is 26.5 Å². The van der Waals surface area contributed by atoms with Gasteiger partial charge < -0.3 is 4.74 Å². The molecule has 3 aromatic carbocycles. The average molecular weight is 342 g/mol. The number of pyridine rings is 1. The minimum Gasteiger partial charge on any atom is -0.497 e. The van der Waals surface area contributed by atoms with Crippen molar-refractivity contribution in [1.29, 1.82) is 0 Å².